The summed E-state index contributed by atoms with van der Waals surface area (Å²) in [7, 11) is 0. The van der Waals surface area contributed by atoms with Gasteiger partial charge in [0.15, 0.2) is 11.7 Å². The fourth-order valence-corrected chi connectivity index (χ4v) is 0.576. The molecule has 0 spiro atoms. The third-order valence-corrected chi connectivity index (χ3v) is 1.01. The number of esters is 1. The van der Waals surface area contributed by atoms with Gasteiger partial charge in [0, 0.05) is 6.42 Å². The highest BCUT2D eigenvalue weighted by atomic mass is 32.1. The molecular formula is C6H8O4S. The van der Waals surface area contributed by atoms with Crippen molar-refractivity contribution in [3.05, 3.63) is 0 Å². The quantitative estimate of drug-likeness (QED) is 0.476. The van der Waals surface area contributed by atoms with Crippen LogP contribution in [0.2, 0.25) is 0 Å². The Balaban J connectivity index is 3.81. The first-order valence-electron chi connectivity index (χ1n) is 2.89. The minimum absolute atomic E-state index is 0.234. The van der Waals surface area contributed by atoms with Gasteiger partial charge in [-0.1, -0.05) is 0 Å². The molecule has 0 aromatic rings. The van der Waals surface area contributed by atoms with Crippen molar-refractivity contribution in [2.75, 3.05) is 0 Å². The number of thiocarbonyl (C=S) groups is 1. The standard InChI is InChI=1S/C6H8O4S/c1-4(7)2-5(8)6(9)10-3-11/h3,5,8H,2H2,1H3. The maximum atomic E-state index is 10.6. The highest BCUT2D eigenvalue weighted by Crippen LogP contribution is 1.94. The Bertz CT molecular complexity index is 177. The Hall–Kier alpha value is -0.810. The van der Waals surface area contributed by atoms with E-state index in [1.165, 1.54) is 6.92 Å². The van der Waals surface area contributed by atoms with Gasteiger partial charge in [-0.25, -0.2) is 4.79 Å². The van der Waals surface area contributed by atoms with Gasteiger partial charge in [0.25, 0.3) is 0 Å². The van der Waals surface area contributed by atoms with Gasteiger partial charge < -0.3 is 9.84 Å². The number of aliphatic hydroxyl groups excluding tert-OH is 1. The molecule has 0 saturated heterocycles. The summed E-state index contributed by atoms with van der Waals surface area (Å²) in [6.45, 7) is 1.27. The van der Waals surface area contributed by atoms with E-state index in [2.05, 4.69) is 17.0 Å². The first kappa shape index (κ1) is 10.2. The summed E-state index contributed by atoms with van der Waals surface area (Å²) in [5, 5.41) is 8.86. The van der Waals surface area contributed by atoms with Crippen molar-refractivity contribution in [2.45, 2.75) is 19.4 Å². The number of ether oxygens (including phenoxy) is 1. The molecule has 1 atom stereocenters. The lowest BCUT2D eigenvalue weighted by atomic mass is 10.2. The predicted octanol–water partition coefficient (Wildman–Crippen LogP) is -0.173. The minimum Gasteiger partial charge on any atom is -0.421 e. The normalized spacial score (nSPS) is 11.8. The second-order valence-corrected chi connectivity index (χ2v) is 2.15. The Labute approximate surface area is 69.2 Å². The molecular weight excluding hydrogens is 168 g/mol. The van der Waals surface area contributed by atoms with Gasteiger partial charge in [0.05, 0.1) is 0 Å². The van der Waals surface area contributed by atoms with Crippen LogP contribution in [0.3, 0.4) is 0 Å². The van der Waals surface area contributed by atoms with Crippen molar-refractivity contribution in [2.24, 2.45) is 0 Å². The summed E-state index contributed by atoms with van der Waals surface area (Å²) >= 11 is 4.20. The van der Waals surface area contributed by atoms with E-state index in [0.717, 1.165) is 5.55 Å². The molecule has 11 heavy (non-hydrogen) atoms. The van der Waals surface area contributed by atoms with E-state index in [0.29, 0.717) is 0 Å². The van der Waals surface area contributed by atoms with Gasteiger partial charge in [-0.05, 0) is 19.1 Å². The van der Waals surface area contributed by atoms with E-state index in [1.54, 1.807) is 0 Å². The summed E-state index contributed by atoms with van der Waals surface area (Å²) < 4.78 is 4.15. The van der Waals surface area contributed by atoms with Crippen LogP contribution in [0.25, 0.3) is 0 Å². The van der Waals surface area contributed by atoms with E-state index in [1.807, 2.05) is 0 Å². The molecule has 0 rings (SSSR count). The topological polar surface area (TPSA) is 63.6 Å². The van der Waals surface area contributed by atoms with Crippen LogP contribution in [0.1, 0.15) is 13.3 Å². The molecule has 0 saturated carbocycles. The highest BCUT2D eigenvalue weighted by Gasteiger charge is 2.17. The SMILES string of the molecule is CC(=O)CC(O)C(=O)OC=S. The molecule has 0 aromatic heterocycles. The van der Waals surface area contributed by atoms with Crippen molar-refractivity contribution >= 4 is 29.5 Å². The smallest absolute Gasteiger partial charge is 0.341 e. The van der Waals surface area contributed by atoms with Crippen molar-refractivity contribution in [1.82, 2.24) is 0 Å². The van der Waals surface area contributed by atoms with Gasteiger partial charge >= 0.3 is 5.97 Å². The predicted molar refractivity (Wildman–Crippen MR) is 41.1 cm³/mol. The van der Waals surface area contributed by atoms with E-state index >= 15 is 0 Å². The van der Waals surface area contributed by atoms with Gasteiger partial charge in [0.1, 0.15) is 5.78 Å². The lowest BCUT2D eigenvalue weighted by Crippen LogP contribution is -2.24. The molecule has 5 heteroatoms. The second-order valence-electron chi connectivity index (χ2n) is 1.96. The molecule has 1 unspecified atom stereocenters. The van der Waals surface area contributed by atoms with Crippen molar-refractivity contribution in [3.63, 3.8) is 0 Å². The van der Waals surface area contributed by atoms with Gasteiger partial charge in [0.2, 0.25) is 0 Å². The molecule has 0 aliphatic carbocycles. The number of carbonyl (C=O) groups excluding carboxylic acids is 2. The van der Waals surface area contributed by atoms with Crippen molar-refractivity contribution in [3.8, 4) is 0 Å². The van der Waals surface area contributed by atoms with Crippen LogP contribution in [0.4, 0.5) is 0 Å². The number of rotatable bonds is 4. The second kappa shape index (κ2) is 4.92. The lowest BCUT2D eigenvalue weighted by Gasteiger charge is -2.03. The first-order valence-corrected chi connectivity index (χ1v) is 3.36. The van der Waals surface area contributed by atoms with E-state index in [9.17, 15) is 9.59 Å². The fourth-order valence-electron chi connectivity index (χ4n) is 0.482. The largest absolute Gasteiger partial charge is 0.421 e. The fraction of sp³-hybridized carbons (Fsp3) is 0.500. The van der Waals surface area contributed by atoms with Gasteiger partial charge in [-0.15, -0.1) is 0 Å². The number of aliphatic hydroxyl groups is 1. The molecule has 0 aliphatic rings. The zero-order valence-corrected chi connectivity index (χ0v) is 6.76. The van der Waals surface area contributed by atoms with Crippen LogP contribution >= 0.6 is 12.2 Å². The molecule has 0 radical (unpaired) electrons. The van der Waals surface area contributed by atoms with Crippen LogP contribution in [0.5, 0.6) is 0 Å². The number of Topliss-reactive ketones (excluding diaryl/α,β-unsaturated/α-hetero) is 1. The molecule has 0 aromatic carbocycles. The zero-order chi connectivity index (χ0) is 8.85. The molecule has 4 nitrogen and oxygen atoms in total. The highest BCUT2D eigenvalue weighted by molar-refractivity contribution is 7.78. The third kappa shape index (κ3) is 4.58. The maximum absolute atomic E-state index is 10.6. The average molecular weight is 176 g/mol. The monoisotopic (exact) mass is 176 g/mol. The average Bonchev–Trinajstić information content (AvgIpc) is 1.86. The maximum Gasteiger partial charge on any atom is 0.341 e. The van der Waals surface area contributed by atoms with Gasteiger partial charge in [-0.2, -0.15) is 0 Å². The minimum atomic E-state index is -1.40. The third-order valence-electron chi connectivity index (χ3n) is 0.917. The zero-order valence-electron chi connectivity index (χ0n) is 5.94. The van der Waals surface area contributed by atoms with Gasteiger partial charge in [-0.3, -0.25) is 4.79 Å². The molecule has 62 valence electrons. The summed E-state index contributed by atoms with van der Waals surface area (Å²) in [6.07, 6.45) is -1.63. The molecule has 0 amide bonds. The Kier molecular flexibility index (Phi) is 4.56. The van der Waals surface area contributed by atoms with Crippen LogP contribution in [-0.4, -0.2) is 28.5 Å². The van der Waals surface area contributed by atoms with Crippen LogP contribution in [0.15, 0.2) is 0 Å². The van der Waals surface area contributed by atoms with E-state index in [-0.39, 0.29) is 12.2 Å². The number of hydrogen-bond donors (Lipinski definition) is 1. The number of carbonyl (C=O) groups is 2. The summed E-state index contributed by atoms with van der Waals surface area (Å²) in [6, 6.07) is 0. The van der Waals surface area contributed by atoms with Crippen molar-refractivity contribution in [1.29, 1.82) is 0 Å². The summed E-state index contributed by atoms with van der Waals surface area (Å²) in [5.74, 6) is -1.17. The Morgan fingerprint density at radius 3 is 2.64 bits per heavy atom. The Morgan fingerprint density at radius 1 is 1.73 bits per heavy atom. The molecule has 0 bridgehead atoms. The van der Waals surface area contributed by atoms with Crippen LogP contribution in [-0.2, 0) is 14.3 Å². The van der Waals surface area contributed by atoms with Crippen LogP contribution < -0.4 is 0 Å². The van der Waals surface area contributed by atoms with Crippen LogP contribution in [0, 0.1) is 0 Å². The molecule has 0 aliphatic heterocycles. The summed E-state index contributed by atoms with van der Waals surface area (Å²) in [4.78, 5) is 20.9. The van der Waals surface area contributed by atoms with Crippen molar-refractivity contribution < 1.29 is 19.4 Å². The van der Waals surface area contributed by atoms with E-state index in [4.69, 9.17) is 5.11 Å². The van der Waals surface area contributed by atoms with E-state index < -0.39 is 12.1 Å². The number of hydrogen-bond acceptors (Lipinski definition) is 5. The Morgan fingerprint density at radius 2 is 2.27 bits per heavy atom. The lowest BCUT2D eigenvalue weighted by molar-refractivity contribution is -0.146. The molecule has 1 N–H and O–H groups in total. The molecule has 0 fully saturated rings. The summed E-state index contributed by atoms with van der Waals surface area (Å²) in [5.41, 5.74) is 0.742. The molecule has 0 heterocycles. The first-order chi connectivity index (χ1) is 5.07. The number of ketones is 1.